The van der Waals surface area contributed by atoms with Crippen LogP contribution in [0.1, 0.15) is 10.4 Å². The molecule has 0 saturated heterocycles. The van der Waals surface area contributed by atoms with Crippen LogP contribution in [-0.2, 0) is 4.74 Å². The summed E-state index contributed by atoms with van der Waals surface area (Å²) in [5.41, 5.74) is -0.683. The van der Waals surface area contributed by atoms with Crippen molar-refractivity contribution in [1.82, 2.24) is 4.90 Å². The van der Waals surface area contributed by atoms with Gasteiger partial charge in [-0.15, -0.1) is 0 Å². The van der Waals surface area contributed by atoms with Crippen LogP contribution in [0.5, 0.6) is 5.75 Å². The summed E-state index contributed by atoms with van der Waals surface area (Å²) < 4.78 is 9.56. The van der Waals surface area contributed by atoms with Crippen LogP contribution in [-0.4, -0.2) is 49.3 Å². The number of hydrogen-bond acceptors (Lipinski definition) is 7. The first-order valence-corrected chi connectivity index (χ1v) is 6.47. The van der Waals surface area contributed by atoms with Gasteiger partial charge in [-0.05, 0) is 17.8 Å². The molecule has 1 aromatic rings. The smallest absolute Gasteiger partial charge is 0.344 e. The number of hydrogen-bond donors (Lipinski definition) is 0. The molecule has 0 spiro atoms. The fraction of sp³-hybridized carbons (Fsp3) is 0.333. The highest BCUT2D eigenvalue weighted by atomic mass is 32.2. The molecule has 1 rings (SSSR count). The van der Waals surface area contributed by atoms with Crippen LogP contribution in [0.15, 0.2) is 17.0 Å². The molecule has 0 radical (unpaired) electrons. The molecule has 9 heteroatoms. The Balaban J connectivity index is 3.40. The Hall–Kier alpha value is -2.29. The summed E-state index contributed by atoms with van der Waals surface area (Å²) in [6.07, 6.45) is 0. The first-order chi connectivity index (χ1) is 9.81. The van der Waals surface area contributed by atoms with E-state index >= 15 is 0 Å². The second-order valence-corrected chi connectivity index (χ2v) is 5.02. The van der Waals surface area contributed by atoms with Crippen molar-refractivity contribution in [3.63, 3.8) is 0 Å². The molecular weight excluding hydrogens is 300 g/mol. The Morgan fingerprint density at radius 1 is 1.29 bits per heavy atom. The van der Waals surface area contributed by atoms with E-state index in [1.807, 2.05) is 0 Å². The quantitative estimate of drug-likeness (QED) is 0.363. The maximum atomic E-state index is 11.7. The number of esters is 1. The van der Waals surface area contributed by atoms with Gasteiger partial charge in [0.1, 0.15) is 11.3 Å². The van der Waals surface area contributed by atoms with Gasteiger partial charge in [0.15, 0.2) is 0 Å². The molecule has 0 aliphatic rings. The first-order valence-electron chi connectivity index (χ1n) is 5.65. The van der Waals surface area contributed by atoms with Gasteiger partial charge in [-0.25, -0.2) is 4.79 Å². The van der Waals surface area contributed by atoms with Gasteiger partial charge in [0.05, 0.1) is 30.1 Å². The van der Waals surface area contributed by atoms with Gasteiger partial charge in [0.2, 0.25) is 0 Å². The lowest BCUT2D eigenvalue weighted by atomic mass is 10.1. The van der Waals surface area contributed by atoms with Crippen LogP contribution in [0.4, 0.5) is 10.5 Å². The van der Waals surface area contributed by atoms with Gasteiger partial charge in [-0.3, -0.25) is 14.9 Å². The van der Waals surface area contributed by atoms with E-state index < -0.39 is 16.6 Å². The number of nitro groups is 1. The second-order valence-electron chi connectivity index (χ2n) is 4.03. The van der Waals surface area contributed by atoms with Gasteiger partial charge >= 0.3 is 5.97 Å². The lowest BCUT2D eigenvalue weighted by Crippen LogP contribution is -2.16. The highest BCUT2D eigenvalue weighted by Gasteiger charge is 2.26. The fourth-order valence-electron chi connectivity index (χ4n) is 1.40. The number of amides is 1. The summed E-state index contributed by atoms with van der Waals surface area (Å²) in [5.74, 6) is -0.724. The van der Waals surface area contributed by atoms with Crippen LogP contribution in [0.2, 0.25) is 0 Å². The summed E-state index contributed by atoms with van der Waals surface area (Å²) in [5, 5.41) is 10.7. The molecule has 0 unspecified atom stereocenters. The average molecular weight is 314 g/mol. The van der Waals surface area contributed by atoms with Crippen molar-refractivity contribution in [2.24, 2.45) is 0 Å². The number of methoxy groups -OCH3 is 2. The van der Waals surface area contributed by atoms with E-state index in [2.05, 4.69) is 4.74 Å². The predicted molar refractivity (Wildman–Crippen MR) is 75.9 cm³/mol. The fourth-order valence-corrected chi connectivity index (χ4v) is 2.19. The minimum absolute atomic E-state index is 0.134. The van der Waals surface area contributed by atoms with E-state index in [4.69, 9.17) is 4.74 Å². The van der Waals surface area contributed by atoms with Crippen molar-refractivity contribution < 1.29 is 24.0 Å². The number of nitrogens with zero attached hydrogens (tertiary/aromatic N) is 2. The van der Waals surface area contributed by atoms with Gasteiger partial charge in [-0.2, -0.15) is 0 Å². The number of rotatable bonds is 4. The van der Waals surface area contributed by atoms with Crippen molar-refractivity contribution in [3.05, 3.63) is 27.8 Å². The maximum absolute atomic E-state index is 11.7. The van der Waals surface area contributed by atoms with Crippen molar-refractivity contribution >= 4 is 28.7 Å². The molecule has 8 nitrogen and oxygen atoms in total. The minimum Gasteiger partial charge on any atom is -0.495 e. The predicted octanol–water partition coefficient (Wildman–Crippen LogP) is 2.16. The molecule has 1 aromatic carbocycles. The monoisotopic (exact) mass is 314 g/mol. The zero-order chi connectivity index (χ0) is 16.2. The SMILES string of the molecule is COC(=O)c1cc(SC(=O)N(C)C)c(OC)cc1[N+](=O)[O-]. The van der Waals surface area contributed by atoms with E-state index in [1.165, 1.54) is 18.1 Å². The largest absolute Gasteiger partial charge is 0.495 e. The number of ether oxygens (including phenoxy) is 2. The molecule has 0 atom stereocenters. The van der Waals surface area contributed by atoms with Crippen molar-refractivity contribution in [2.75, 3.05) is 28.3 Å². The van der Waals surface area contributed by atoms with E-state index in [0.717, 1.165) is 24.9 Å². The van der Waals surface area contributed by atoms with Gasteiger partial charge in [0, 0.05) is 14.1 Å². The highest BCUT2D eigenvalue weighted by Crippen LogP contribution is 2.36. The lowest BCUT2D eigenvalue weighted by Gasteiger charge is -2.12. The normalized spacial score (nSPS) is 9.90. The summed E-state index contributed by atoms with van der Waals surface area (Å²) in [4.78, 5) is 35.3. The zero-order valence-electron chi connectivity index (χ0n) is 11.9. The third-order valence-electron chi connectivity index (χ3n) is 2.45. The van der Waals surface area contributed by atoms with Gasteiger partial charge in [0.25, 0.3) is 10.9 Å². The van der Waals surface area contributed by atoms with Crippen molar-refractivity contribution in [2.45, 2.75) is 4.90 Å². The summed E-state index contributed by atoms with van der Waals surface area (Å²) in [6, 6.07) is 2.31. The lowest BCUT2D eigenvalue weighted by molar-refractivity contribution is -0.385. The summed E-state index contributed by atoms with van der Waals surface area (Å²) >= 11 is 0.797. The standard InChI is InChI=1S/C12H14N2O6S/c1-13(2)12(16)21-10-5-7(11(15)20-4)8(14(17)18)6-9(10)19-3/h5-6H,1-4H3. The van der Waals surface area contributed by atoms with Gasteiger partial charge in [-0.1, -0.05) is 0 Å². The first kappa shape index (κ1) is 16.8. The molecule has 0 fully saturated rings. The number of carbonyl (C=O) groups is 2. The Morgan fingerprint density at radius 2 is 1.90 bits per heavy atom. The van der Waals surface area contributed by atoms with Crippen molar-refractivity contribution in [1.29, 1.82) is 0 Å². The van der Waals surface area contributed by atoms with Gasteiger partial charge < -0.3 is 14.4 Å². The molecule has 0 aromatic heterocycles. The molecule has 0 bridgehead atoms. The Kier molecular flexibility index (Phi) is 5.53. The molecule has 114 valence electrons. The van der Waals surface area contributed by atoms with Crippen LogP contribution in [0.3, 0.4) is 0 Å². The maximum Gasteiger partial charge on any atom is 0.344 e. The third-order valence-corrected chi connectivity index (χ3v) is 3.53. The Morgan fingerprint density at radius 3 is 2.33 bits per heavy atom. The zero-order valence-corrected chi connectivity index (χ0v) is 12.7. The molecule has 0 heterocycles. The van der Waals surface area contributed by atoms with Crippen LogP contribution in [0.25, 0.3) is 0 Å². The van der Waals surface area contributed by atoms with E-state index in [-0.39, 0.29) is 16.6 Å². The Bertz CT molecular complexity index is 587. The van der Waals surface area contributed by atoms with E-state index in [1.54, 1.807) is 14.1 Å². The summed E-state index contributed by atoms with van der Waals surface area (Å²) in [6.45, 7) is 0. The van der Waals surface area contributed by atoms with Crippen LogP contribution >= 0.6 is 11.8 Å². The highest BCUT2D eigenvalue weighted by molar-refractivity contribution is 8.13. The van der Waals surface area contributed by atoms with Crippen LogP contribution in [0, 0.1) is 10.1 Å². The number of thioether (sulfide) groups is 1. The summed E-state index contributed by atoms with van der Waals surface area (Å²) in [7, 11) is 5.57. The van der Waals surface area contributed by atoms with Crippen LogP contribution < -0.4 is 4.74 Å². The number of benzene rings is 1. The third kappa shape index (κ3) is 3.85. The molecule has 0 aliphatic carbocycles. The molecule has 21 heavy (non-hydrogen) atoms. The minimum atomic E-state index is -0.858. The molecule has 0 N–H and O–H groups in total. The molecular formula is C12H14N2O6S. The molecule has 0 saturated carbocycles. The second kappa shape index (κ2) is 6.93. The van der Waals surface area contributed by atoms with E-state index in [0.29, 0.717) is 4.90 Å². The molecule has 1 amide bonds. The van der Waals surface area contributed by atoms with Crippen molar-refractivity contribution in [3.8, 4) is 5.75 Å². The number of nitro benzene ring substituents is 1. The average Bonchev–Trinajstić information content (AvgIpc) is 2.45. The number of carbonyl (C=O) groups excluding carboxylic acids is 2. The van der Waals surface area contributed by atoms with E-state index in [9.17, 15) is 19.7 Å². The molecule has 0 aliphatic heterocycles. The topological polar surface area (TPSA) is 99.0 Å². The Labute approximate surface area is 125 Å².